The number of amides is 1. The topological polar surface area (TPSA) is 72.9 Å². The van der Waals surface area contributed by atoms with Gasteiger partial charge in [0.1, 0.15) is 12.4 Å². The summed E-state index contributed by atoms with van der Waals surface area (Å²) in [4.78, 5) is 37.3. The molecule has 0 fully saturated rings. The molecule has 0 N–H and O–H groups in total. The SMILES string of the molecule is CCOC(=O)CN(C(=O)COC(=O)/C=C/c1ccccc1F)c1ccccc1. The standard InChI is InChI=1S/C21H20FNO5/c1-2-27-21(26)14-23(17-9-4-3-5-10-17)19(24)15-28-20(25)13-12-16-8-6-7-11-18(16)22/h3-13H,2,14-15H2,1H3/b13-12+. The minimum Gasteiger partial charge on any atom is -0.465 e. The number of anilines is 1. The Labute approximate surface area is 162 Å². The molecule has 0 atom stereocenters. The number of esters is 2. The maximum atomic E-state index is 13.5. The van der Waals surface area contributed by atoms with Crippen LogP contribution in [0.4, 0.5) is 10.1 Å². The zero-order valence-corrected chi connectivity index (χ0v) is 15.3. The zero-order chi connectivity index (χ0) is 20.4. The molecule has 1 amide bonds. The zero-order valence-electron chi connectivity index (χ0n) is 15.3. The molecule has 0 aliphatic rings. The molecule has 0 aliphatic heterocycles. The average molecular weight is 385 g/mol. The molecule has 0 aromatic heterocycles. The van der Waals surface area contributed by atoms with Crippen molar-refractivity contribution in [2.45, 2.75) is 6.92 Å². The van der Waals surface area contributed by atoms with Crippen molar-refractivity contribution in [3.05, 3.63) is 72.1 Å². The van der Waals surface area contributed by atoms with Gasteiger partial charge in [-0.1, -0.05) is 36.4 Å². The van der Waals surface area contributed by atoms with Gasteiger partial charge in [-0.05, 0) is 31.2 Å². The van der Waals surface area contributed by atoms with E-state index in [0.29, 0.717) is 5.69 Å². The first-order valence-corrected chi connectivity index (χ1v) is 8.61. The first-order valence-electron chi connectivity index (χ1n) is 8.61. The van der Waals surface area contributed by atoms with Crippen LogP contribution in [0.25, 0.3) is 6.08 Å². The Morgan fingerprint density at radius 2 is 1.68 bits per heavy atom. The molecule has 0 bridgehead atoms. The van der Waals surface area contributed by atoms with Crippen molar-refractivity contribution >= 4 is 29.6 Å². The number of carbonyl (C=O) groups is 3. The normalized spacial score (nSPS) is 10.5. The summed E-state index contributed by atoms with van der Waals surface area (Å²) < 4.78 is 23.3. The van der Waals surface area contributed by atoms with E-state index in [4.69, 9.17) is 9.47 Å². The summed E-state index contributed by atoms with van der Waals surface area (Å²) in [7, 11) is 0. The molecule has 2 rings (SSSR count). The minimum absolute atomic E-state index is 0.186. The van der Waals surface area contributed by atoms with E-state index in [2.05, 4.69) is 0 Å². The summed E-state index contributed by atoms with van der Waals surface area (Å²) in [6.45, 7) is 0.968. The lowest BCUT2D eigenvalue weighted by Crippen LogP contribution is -2.39. The number of hydrogen-bond acceptors (Lipinski definition) is 5. The van der Waals surface area contributed by atoms with Crippen LogP contribution in [0.3, 0.4) is 0 Å². The largest absolute Gasteiger partial charge is 0.465 e. The van der Waals surface area contributed by atoms with Crippen molar-refractivity contribution in [2.24, 2.45) is 0 Å². The van der Waals surface area contributed by atoms with Crippen molar-refractivity contribution in [1.82, 2.24) is 0 Å². The van der Waals surface area contributed by atoms with Crippen LogP contribution >= 0.6 is 0 Å². The van der Waals surface area contributed by atoms with Gasteiger partial charge in [0, 0.05) is 17.3 Å². The van der Waals surface area contributed by atoms with Crippen LogP contribution in [0.1, 0.15) is 12.5 Å². The monoisotopic (exact) mass is 385 g/mol. The molecule has 28 heavy (non-hydrogen) atoms. The average Bonchev–Trinajstić information content (AvgIpc) is 2.70. The van der Waals surface area contributed by atoms with Crippen LogP contribution in [0, 0.1) is 5.82 Å². The van der Waals surface area contributed by atoms with E-state index < -0.39 is 30.3 Å². The van der Waals surface area contributed by atoms with Gasteiger partial charge >= 0.3 is 11.9 Å². The molecule has 0 saturated carbocycles. The number of hydrogen-bond donors (Lipinski definition) is 0. The lowest BCUT2D eigenvalue weighted by Gasteiger charge is -2.21. The van der Waals surface area contributed by atoms with E-state index in [1.807, 2.05) is 0 Å². The van der Waals surface area contributed by atoms with Crippen LogP contribution in [-0.4, -0.2) is 37.6 Å². The number of para-hydroxylation sites is 1. The van der Waals surface area contributed by atoms with Crippen molar-refractivity contribution in [3.8, 4) is 0 Å². The maximum absolute atomic E-state index is 13.5. The highest BCUT2D eigenvalue weighted by Crippen LogP contribution is 2.14. The Kier molecular flexibility index (Phi) is 7.90. The van der Waals surface area contributed by atoms with Gasteiger partial charge in [0.15, 0.2) is 6.61 Å². The Balaban J connectivity index is 1.99. The molecular formula is C21H20FNO5. The van der Waals surface area contributed by atoms with E-state index in [9.17, 15) is 18.8 Å². The molecule has 0 aliphatic carbocycles. The summed E-state index contributed by atoms with van der Waals surface area (Å²) in [6, 6.07) is 14.4. The quantitative estimate of drug-likeness (QED) is 0.516. The van der Waals surface area contributed by atoms with Crippen molar-refractivity contribution in [3.63, 3.8) is 0 Å². The van der Waals surface area contributed by atoms with Gasteiger partial charge in [0.25, 0.3) is 5.91 Å². The smallest absolute Gasteiger partial charge is 0.331 e. The summed E-state index contributed by atoms with van der Waals surface area (Å²) in [5.41, 5.74) is 0.692. The number of carbonyl (C=O) groups excluding carboxylic acids is 3. The number of ether oxygens (including phenoxy) is 2. The molecular weight excluding hydrogens is 365 g/mol. The lowest BCUT2D eigenvalue weighted by atomic mass is 10.2. The summed E-state index contributed by atoms with van der Waals surface area (Å²) in [6.07, 6.45) is 2.29. The Hall–Kier alpha value is -3.48. The summed E-state index contributed by atoms with van der Waals surface area (Å²) >= 11 is 0. The fraction of sp³-hybridized carbons (Fsp3) is 0.190. The predicted molar refractivity (Wildman–Crippen MR) is 102 cm³/mol. The molecule has 2 aromatic carbocycles. The molecule has 0 saturated heterocycles. The second-order valence-electron chi connectivity index (χ2n) is 5.58. The van der Waals surface area contributed by atoms with E-state index >= 15 is 0 Å². The molecule has 0 heterocycles. The number of rotatable bonds is 8. The number of benzene rings is 2. The van der Waals surface area contributed by atoms with Gasteiger partial charge in [-0.25, -0.2) is 9.18 Å². The van der Waals surface area contributed by atoms with Crippen molar-refractivity contribution in [2.75, 3.05) is 24.7 Å². The van der Waals surface area contributed by atoms with Crippen LogP contribution < -0.4 is 4.90 Å². The second-order valence-corrected chi connectivity index (χ2v) is 5.58. The van der Waals surface area contributed by atoms with E-state index in [0.717, 1.165) is 6.08 Å². The van der Waals surface area contributed by atoms with Gasteiger partial charge in [-0.2, -0.15) is 0 Å². The third kappa shape index (κ3) is 6.35. The Morgan fingerprint density at radius 3 is 2.36 bits per heavy atom. The van der Waals surface area contributed by atoms with Crippen LogP contribution in [0.15, 0.2) is 60.7 Å². The fourth-order valence-electron chi connectivity index (χ4n) is 2.29. The minimum atomic E-state index is -0.805. The van der Waals surface area contributed by atoms with Crippen molar-refractivity contribution in [1.29, 1.82) is 0 Å². The summed E-state index contributed by atoms with van der Waals surface area (Å²) in [5, 5.41) is 0. The molecule has 0 radical (unpaired) electrons. The van der Waals surface area contributed by atoms with Crippen LogP contribution in [-0.2, 0) is 23.9 Å². The van der Waals surface area contributed by atoms with E-state index in [1.165, 1.54) is 29.2 Å². The van der Waals surface area contributed by atoms with E-state index in [-0.39, 0.29) is 18.7 Å². The molecule has 7 heteroatoms. The maximum Gasteiger partial charge on any atom is 0.331 e. The summed E-state index contributed by atoms with van der Waals surface area (Å²) in [5.74, 6) is -2.45. The van der Waals surface area contributed by atoms with Crippen LogP contribution in [0.2, 0.25) is 0 Å². The Morgan fingerprint density at radius 1 is 1.00 bits per heavy atom. The van der Waals surface area contributed by atoms with Gasteiger partial charge in [-0.15, -0.1) is 0 Å². The first kappa shape index (κ1) is 20.8. The highest BCUT2D eigenvalue weighted by atomic mass is 19.1. The van der Waals surface area contributed by atoms with Gasteiger partial charge in [0.05, 0.1) is 6.61 Å². The van der Waals surface area contributed by atoms with Crippen molar-refractivity contribution < 1.29 is 28.2 Å². The third-order valence-corrected chi connectivity index (χ3v) is 3.60. The Bertz CT molecular complexity index is 851. The van der Waals surface area contributed by atoms with E-state index in [1.54, 1.807) is 43.3 Å². The molecule has 0 unspecified atom stereocenters. The third-order valence-electron chi connectivity index (χ3n) is 3.60. The first-order chi connectivity index (χ1) is 13.5. The molecule has 146 valence electrons. The lowest BCUT2D eigenvalue weighted by molar-refractivity contribution is -0.144. The van der Waals surface area contributed by atoms with Crippen LogP contribution in [0.5, 0.6) is 0 Å². The van der Waals surface area contributed by atoms with Gasteiger partial charge in [-0.3, -0.25) is 14.5 Å². The predicted octanol–water partition coefficient (Wildman–Crippen LogP) is 2.98. The fourth-order valence-corrected chi connectivity index (χ4v) is 2.29. The second kappa shape index (κ2) is 10.6. The number of halogens is 1. The van der Waals surface area contributed by atoms with Gasteiger partial charge < -0.3 is 9.47 Å². The molecule has 0 spiro atoms. The highest BCUT2D eigenvalue weighted by Gasteiger charge is 2.20. The number of nitrogens with zero attached hydrogens (tertiary/aromatic N) is 1. The highest BCUT2D eigenvalue weighted by molar-refractivity contribution is 5.99. The molecule has 2 aromatic rings. The molecule has 6 nitrogen and oxygen atoms in total. The van der Waals surface area contributed by atoms with Gasteiger partial charge in [0.2, 0.25) is 0 Å².